The molecule has 0 unspecified atom stereocenters. The van der Waals surface area contributed by atoms with E-state index in [1.165, 1.54) is 6.07 Å². The van der Waals surface area contributed by atoms with Crippen LogP contribution in [0.2, 0.25) is 0 Å². The number of hydrogen-bond donors (Lipinski definition) is 1. The Morgan fingerprint density at radius 3 is 2.78 bits per heavy atom. The third-order valence-corrected chi connectivity index (χ3v) is 5.00. The average Bonchev–Trinajstić information content (AvgIpc) is 2.56. The van der Waals surface area contributed by atoms with Crippen LogP contribution in [0.4, 0.5) is 5.69 Å². The summed E-state index contributed by atoms with van der Waals surface area (Å²) in [5.41, 5.74) is 1.14. The van der Waals surface area contributed by atoms with E-state index in [0.29, 0.717) is 29.3 Å². The van der Waals surface area contributed by atoms with Crippen LogP contribution in [0.3, 0.4) is 0 Å². The zero-order valence-electron chi connectivity index (χ0n) is 12.5. The fourth-order valence-electron chi connectivity index (χ4n) is 2.41. The van der Waals surface area contributed by atoms with Gasteiger partial charge in [0.25, 0.3) is 0 Å². The molecule has 0 fully saturated rings. The topological polar surface area (TPSA) is 82.4 Å². The number of fused-ring (bicyclic) bond motifs is 1. The second kappa shape index (κ2) is 5.91. The molecule has 0 aromatic heterocycles. The normalized spacial score (nSPS) is 15.6. The number of sulfonamides is 1. The van der Waals surface area contributed by atoms with Crippen LogP contribution >= 0.6 is 0 Å². The van der Waals surface area contributed by atoms with Crippen LogP contribution in [0.1, 0.15) is 12.5 Å². The van der Waals surface area contributed by atoms with Gasteiger partial charge in [-0.25, -0.2) is 8.42 Å². The summed E-state index contributed by atoms with van der Waals surface area (Å²) < 4.78 is 32.6. The molecule has 0 aliphatic carbocycles. The molecule has 0 atom stereocenters. The molecule has 23 heavy (non-hydrogen) atoms. The number of benzene rings is 2. The first-order chi connectivity index (χ1) is 11.0. The predicted octanol–water partition coefficient (Wildman–Crippen LogP) is 2.43. The van der Waals surface area contributed by atoms with Crippen LogP contribution in [0.5, 0.6) is 11.5 Å². The maximum Gasteiger partial charge on any atom is 0.244 e. The summed E-state index contributed by atoms with van der Waals surface area (Å²) in [5, 5.41) is 8.91. The molecule has 0 amide bonds. The summed E-state index contributed by atoms with van der Waals surface area (Å²) in [7, 11) is -3.54. The molecule has 118 valence electrons. The molecule has 2 aromatic carbocycles. The largest absolute Gasteiger partial charge is 0.457 e. The second-order valence-electron chi connectivity index (χ2n) is 5.03. The van der Waals surface area contributed by atoms with E-state index in [1.807, 2.05) is 17.9 Å². The Bertz CT molecular complexity index is 888. The molecule has 2 aromatic rings. The van der Waals surface area contributed by atoms with Gasteiger partial charge in [-0.2, -0.15) is 9.98 Å². The molecule has 1 N–H and O–H groups in total. The summed E-state index contributed by atoms with van der Waals surface area (Å²) in [6.45, 7) is 2.91. The smallest absolute Gasteiger partial charge is 0.244 e. The van der Waals surface area contributed by atoms with E-state index in [0.717, 1.165) is 0 Å². The van der Waals surface area contributed by atoms with E-state index in [9.17, 15) is 8.42 Å². The number of nitriles is 1. The van der Waals surface area contributed by atoms with Gasteiger partial charge < -0.3 is 9.64 Å². The molecular formula is C16H15N3O3S. The van der Waals surface area contributed by atoms with Crippen LogP contribution in [-0.2, 0) is 10.0 Å². The summed E-state index contributed by atoms with van der Waals surface area (Å²) in [5.74, 6) is 0.889. The van der Waals surface area contributed by atoms with E-state index in [2.05, 4.69) is 4.72 Å². The highest BCUT2D eigenvalue weighted by molar-refractivity contribution is 7.89. The van der Waals surface area contributed by atoms with E-state index < -0.39 is 10.0 Å². The Hall–Kier alpha value is -2.56. The van der Waals surface area contributed by atoms with Crippen molar-refractivity contribution >= 4 is 15.7 Å². The van der Waals surface area contributed by atoms with E-state index >= 15 is 0 Å². The molecule has 1 aliphatic heterocycles. The minimum absolute atomic E-state index is 0.194. The van der Waals surface area contributed by atoms with Crippen LogP contribution in [-0.4, -0.2) is 21.6 Å². The van der Waals surface area contributed by atoms with Gasteiger partial charge in [0, 0.05) is 12.6 Å². The standard InChI is InChI=1S/C16H15N3O3S/c1-2-19-11-18-23(20,21)16-9-14(6-7-15(16)19)22-13-5-3-4-12(8-13)10-17/h3-9,18H,2,11H2,1H3. The quantitative estimate of drug-likeness (QED) is 0.935. The van der Waals surface area contributed by atoms with Crippen molar-refractivity contribution in [2.24, 2.45) is 0 Å². The Labute approximate surface area is 135 Å². The predicted molar refractivity (Wildman–Crippen MR) is 85.9 cm³/mol. The highest BCUT2D eigenvalue weighted by Crippen LogP contribution is 2.33. The van der Waals surface area contributed by atoms with Gasteiger partial charge in [0.2, 0.25) is 10.0 Å². The van der Waals surface area contributed by atoms with E-state index in [-0.39, 0.29) is 11.6 Å². The fraction of sp³-hybridized carbons (Fsp3) is 0.188. The zero-order valence-corrected chi connectivity index (χ0v) is 13.3. The van der Waals surface area contributed by atoms with Crippen LogP contribution in [0.25, 0.3) is 0 Å². The molecule has 1 aliphatic rings. The third-order valence-electron chi connectivity index (χ3n) is 3.59. The summed E-state index contributed by atoms with van der Waals surface area (Å²) >= 11 is 0. The van der Waals surface area contributed by atoms with Crippen molar-refractivity contribution in [1.82, 2.24) is 4.72 Å². The lowest BCUT2D eigenvalue weighted by Gasteiger charge is -2.30. The fourth-order valence-corrected chi connectivity index (χ4v) is 3.63. The van der Waals surface area contributed by atoms with Gasteiger partial charge in [0.15, 0.2) is 0 Å². The molecule has 6 nitrogen and oxygen atoms in total. The van der Waals surface area contributed by atoms with E-state index in [1.54, 1.807) is 36.4 Å². The molecule has 3 rings (SSSR count). The molecule has 0 saturated heterocycles. The number of nitrogens with zero attached hydrogens (tertiary/aromatic N) is 2. The Balaban J connectivity index is 1.98. The van der Waals surface area contributed by atoms with Crippen LogP contribution in [0.15, 0.2) is 47.4 Å². The molecule has 0 spiro atoms. The van der Waals surface area contributed by atoms with Gasteiger partial charge in [0.05, 0.1) is 24.0 Å². The SMILES string of the molecule is CCN1CNS(=O)(=O)c2cc(Oc3cccc(C#N)c3)ccc21. The van der Waals surface area contributed by atoms with Crippen molar-refractivity contribution in [3.63, 3.8) is 0 Å². The highest BCUT2D eigenvalue weighted by atomic mass is 32.2. The van der Waals surface area contributed by atoms with Gasteiger partial charge in [-0.3, -0.25) is 0 Å². The lowest BCUT2D eigenvalue weighted by atomic mass is 10.2. The highest BCUT2D eigenvalue weighted by Gasteiger charge is 2.27. The summed E-state index contributed by atoms with van der Waals surface area (Å²) in [6, 6.07) is 13.7. The number of hydrogen-bond acceptors (Lipinski definition) is 5. The number of rotatable bonds is 3. The van der Waals surface area contributed by atoms with Gasteiger partial charge in [-0.1, -0.05) is 6.07 Å². The first-order valence-electron chi connectivity index (χ1n) is 7.10. The van der Waals surface area contributed by atoms with Crippen molar-refractivity contribution in [2.45, 2.75) is 11.8 Å². The maximum atomic E-state index is 12.2. The third kappa shape index (κ3) is 2.99. The van der Waals surface area contributed by atoms with Gasteiger partial charge >= 0.3 is 0 Å². The summed E-state index contributed by atoms with van der Waals surface area (Å²) in [4.78, 5) is 2.12. The van der Waals surface area contributed by atoms with Crippen LogP contribution in [0, 0.1) is 11.3 Å². The summed E-state index contributed by atoms with van der Waals surface area (Å²) in [6.07, 6.45) is 0. The van der Waals surface area contributed by atoms with Gasteiger partial charge in [0.1, 0.15) is 16.4 Å². The Morgan fingerprint density at radius 1 is 1.26 bits per heavy atom. The van der Waals surface area contributed by atoms with Crippen molar-refractivity contribution in [1.29, 1.82) is 5.26 Å². The minimum atomic E-state index is -3.54. The number of ether oxygens (including phenoxy) is 1. The van der Waals surface area contributed by atoms with Gasteiger partial charge in [-0.05, 0) is 37.3 Å². The maximum absolute atomic E-state index is 12.2. The second-order valence-corrected chi connectivity index (χ2v) is 6.77. The molecule has 0 bridgehead atoms. The monoisotopic (exact) mass is 329 g/mol. The minimum Gasteiger partial charge on any atom is -0.457 e. The van der Waals surface area contributed by atoms with Crippen molar-refractivity contribution in [3.05, 3.63) is 48.0 Å². The molecule has 7 heteroatoms. The molecule has 0 saturated carbocycles. The van der Waals surface area contributed by atoms with Crippen LogP contribution < -0.4 is 14.4 Å². The number of anilines is 1. The zero-order chi connectivity index (χ0) is 16.4. The average molecular weight is 329 g/mol. The van der Waals surface area contributed by atoms with Crippen molar-refractivity contribution < 1.29 is 13.2 Å². The van der Waals surface area contributed by atoms with Gasteiger partial charge in [-0.15, -0.1) is 0 Å². The first-order valence-corrected chi connectivity index (χ1v) is 8.58. The molecule has 0 radical (unpaired) electrons. The van der Waals surface area contributed by atoms with Crippen molar-refractivity contribution in [2.75, 3.05) is 18.1 Å². The number of nitrogens with one attached hydrogen (secondary N) is 1. The molecule has 1 heterocycles. The Morgan fingerprint density at radius 2 is 2.04 bits per heavy atom. The lowest BCUT2D eigenvalue weighted by Crippen LogP contribution is -2.42. The lowest BCUT2D eigenvalue weighted by molar-refractivity contribution is 0.480. The molecular weight excluding hydrogens is 314 g/mol. The van der Waals surface area contributed by atoms with Crippen molar-refractivity contribution in [3.8, 4) is 17.6 Å². The first kappa shape index (κ1) is 15.3. The Kier molecular flexibility index (Phi) is 3.94. The van der Waals surface area contributed by atoms with E-state index in [4.69, 9.17) is 10.00 Å².